The molecule has 0 aliphatic carbocycles. The number of nitrogens with zero attached hydrogens (tertiary/aromatic N) is 2. The predicted octanol–water partition coefficient (Wildman–Crippen LogP) is 1.09. The highest BCUT2D eigenvalue weighted by Gasteiger charge is 2.08. The molecule has 0 radical (unpaired) electrons. The number of nitrogens with two attached hydrogens (primary N) is 1. The molecular formula is C11H12N4OS. The molecule has 2 aromatic rings. The van der Waals surface area contributed by atoms with Crippen molar-refractivity contribution >= 4 is 22.9 Å². The number of pyridine rings is 1. The lowest BCUT2D eigenvalue weighted by Gasteiger charge is -2.05. The highest BCUT2D eigenvalue weighted by atomic mass is 32.1. The van der Waals surface area contributed by atoms with Crippen molar-refractivity contribution in [2.24, 2.45) is 0 Å². The van der Waals surface area contributed by atoms with Gasteiger partial charge >= 0.3 is 0 Å². The minimum Gasteiger partial charge on any atom is -0.398 e. The highest BCUT2D eigenvalue weighted by Crippen LogP contribution is 2.08. The molecule has 0 aliphatic heterocycles. The summed E-state index contributed by atoms with van der Waals surface area (Å²) in [6.07, 6.45) is 5.50. The predicted molar refractivity (Wildman–Crippen MR) is 66.8 cm³/mol. The standard InChI is InChI=1S/C11H12N4OS/c12-9-1-3-13-7-8(9)11(16)15-4-2-10-14-5-6-17-10/h1,3,5-7H,2,4H2,(H2,12,13)(H,15,16). The average Bonchev–Trinajstić information content (AvgIpc) is 2.82. The second-order valence-electron chi connectivity index (χ2n) is 3.39. The van der Waals surface area contributed by atoms with Crippen molar-refractivity contribution in [1.29, 1.82) is 0 Å². The molecule has 0 saturated heterocycles. The maximum absolute atomic E-state index is 11.7. The van der Waals surface area contributed by atoms with Crippen molar-refractivity contribution in [3.05, 3.63) is 40.6 Å². The molecule has 3 N–H and O–H groups in total. The zero-order valence-electron chi connectivity index (χ0n) is 9.09. The lowest BCUT2D eigenvalue weighted by atomic mass is 10.2. The summed E-state index contributed by atoms with van der Waals surface area (Å²) in [5.41, 5.74) is 6.52. The molecule has 88 valence electrons. The van der Waals surface area contributed by atoms with Crippen molar-refractivity contribution in [2.75, 3.05) is 12.3 Å². The zero-order chi connectivity index (χ0) is 12.1. The van der Waals surface area contributed by atoms with Crippen LogP contribution in [0.2, 0.25) is 0 Å². The van der Waals surface area contributed by atoms with Crippen LogP contribution < -0.4 is 11.1 Å². The van der Waals surface area contributed by atoms with Gasteiger partial charge in [-0.25, -0.2) is 4.98 Å². The molecule has 5 nitrogen and oxygen atoms in total. The molecule has 2 heterocycles. The van der Waals surface area contributed by atoms with Crippen LogP contribution in [-0.2, 0) is 6.42 Å². The quantitative estimate of drug-likeness (QED) is 0.848. The number of amides is 1. The molecule has 1 amide bonds. The molecule has 0 bridgehead atoms. The Hall–Kier alpha value is -1.95. The van der Waals surface area contributed by atoms with Crippen LogP contribution in [0, 0.1) is 0 Å². The van der Waals surface area contributed by atoms with E-state index in [1.807, 2.05) is 5.38 Å². The summed E-state index contributed by atoms with van der Waals surface area (Å²) in [6, 6.07) is 1.61. The van der Waals surface area contributed by atoms with Gasteiger partial charge in [0.15, 0.2) is 0 Å². The van der Waals surface area contributed by atoms with Gasteiger partial charge in [-0.05, 0) is 6.07 Å². The molecule has 0 saturated carbocycles. The van der Waals surface area contributed by atoms with E-state index in [1.54, 1.807) is 29.8 Å². The van der Waals surface area contributed by atoms with Crippen LogP contribution in [0.4, 0.5) is 5.69 Å². The van der Waals surface area contributed by atoms with Gasteiger partial charge in [0.25, 0.3) is 5.91 Å². The molecule has 0 aliphatic rings. The fourth-order valence-electron chi connectivity index (χ4n) is 1.35. The number of anilines is 1. The Morgan fingerprint density at radius 1 is 1.47 bits per heavy atom. The number of hydrogen-bond donors (Lipinski definition) is 2. The average molecular weight is 248 g/mol. The summed E-state index contributed by atoms with van der Waals surface area (Å²) in [5, 5.41) is 5.70. The lowest BCUT2D eigenvalue weighted by molar-refractivity contribution is 0.0954. The first-order valence-electron chi connectivity index (χ1n) is 5.13. The van der Waals surface area contributed by atoms with Crippen LogP contribution in [0.15, 0.2) is 30.0 Å². The fraction of sp³-hybridized carbons (Fsp3) is 0.182. The van der Waals surface area contributed by atoms with Crippen LogP contribution >= 0.6 is 11.3 Å². The van der Waals surface area contributed by atoms with E-state index < -0.39 is 0 Å². The smallest absolute Gasteiger partial charge is 0.254 e. The Balaban J connectivity index is 1.88. The zero-order valence-corrected chi connectivity index (χ0v) is 9.91. The Morgan fingerprint density at radius 3 is 3.06 bits per heavy atom. The number of nitrogen functional groups attached to an aromatic ring is 1. The number of carbonyl (C=O) groups is 1. The van der Waals surface area contributed by atoms with Crippen LogP contribution in [0.1, 0.15) is 15.4 Å². The highest BCUT2D eigenvalue weighted by molar-refractivity contribution is 7.09. The van der Waals surface area contributed by atoms with Gasteiger partial charge in [-0.3, -0.25) is 9.78 Å². The molecule has 0 aromatic carbocycles. The number of rotatable bonds is 4. The molecule has 0 atom stereocenters. The molecule has 0 unspecified atom stereocenters. The van der Waals surface area contributed by atoms with Crippen LogP contribution in [-0.4, -0.2) is 22.4 Å². The third-order valence-electron chi connectivity index (χ3n) is 2.21. The third kappa shape index (κ3) is 3.01. The maximum Gasteiger partial charge on any atom is 0.254 e. The topological polar surface area (TPSA) is 80.9 Å². The molecular weight excluding hydrogens is 236 g/mol. The number of thiazole rings is 1. The van der Waals surface area contributed by atoms with Crippen LogP contribution in [0.5, 0.6) is 0 Å². The van der Waals surface area contributed by atoms with E-state index >= 15 is 0 Å². The number of hydrogen-bond acceptors (Lipinski definition) is 5. The summed E-state index contributed by atoms with van der Waals surface area (Å²) in [4.78, 5) is 19.8. The number of aromatic nitrogens is 2. The molecule has 0 spiro atoms. The van der Waals surface area contributed by atoms with E-state index in [1.165, 1.54) is 6.20 Å². The molecule has 6 heteroatoms. The Kier molecular flexibility index (Phi) is 3.66. The van der Waals surface area contributed by atoms with E-state index in [0.717, 1.165) is 11.4 Å². The molecule has 2 rings (SSSR count). The summed E-state index contributed by atoms with van der Waals surface area (Å²) in [7, 11) is 0. The fourth-order valence-corrected chi connectivity index (χ4v) is 1.97. The van der Waals surface area contributed by atoms with Crippen molar-refractivity contribution < 1.29 is 4.79 Å². The molecule has 0 fully saturated rings. The monoisotopic (exact) mass is 248 g/mol. The van der Waals surface area contributed by atoms with Crippen molar-refractivity contribution in [2.45, 2.75) is 6.42 Å². The first-order valence-corrected chi connectivity index (χ1v) is 6.01. The van der Waals surface area contributed by atoms with E-state index in [2.05, 4.69) is 15.3 Å². The van der Waals surface area contributed by atoms with Gasteiger partial charge < -0.3 is 11.1 Å². The summed E-state index contributed by atoms with van der Waals surface area (Å²) >= 11 is 1.57. The van der Waals surface area contributed by atoms with E-state index in [4.69, 9.17) is 5.73 Å². The SMILES string of the molecule is Nc1ccncc1C(=O)NCCc1nccs1. The largest absolute Gasteiger partial charge is 0.398 e. The van der Waals surface area contributed by atoms with Gasteiger partial charge in [-0.2, -0.15) is 0 Å². The first-order chi connectivity index (χ1) is 8.27. The van der Waals surface area contributed by atoms with Crippen molar-refractivity contribution in [3.63, 3.8) is 0 Å². The van der Waals surface area contributed by atoms with Crippen LogP contribution in [0.25, 0.3) is 0 Å². The third-order valence-corrected chi connectivity index (χ3v) is 3.05. The normalized spacial score (nSPS) is 10.1. The van der Waals surface area contributed by atoms with E-state index in [-0.39, 0.29) is 5.91 Å². The summed E-state index contributed by atoms with van der Waals surface area (Å²) in [6.45, 7) is 0.542. The summed E-state index contributed by atoms with van der Waals surface area (Å²) < 4.78 is 0. The molecule has 2 aromatic heterocycles. The molecule has 17 heavy (non-hydrogen) atoms. The van der Waals surface area contributed by atoms with Gasteiger partial charge in [0.05, 0.1) is 10.6 Å². The van der Waals surface area contributed by atoms with Gasteiger partial charge in [0.1, 0.15) is 0 Å². The first kappa shape index (κ1) is 11.5. The van der Waals surface area contributed by atoms with E-state index in [9.17, 15) is 4.79 Å². The van der Waals surface area contributed by atoms with Crippen molar-refractivity contribution in [3.8, 4) is 0 Å². The van der Waals surface area contributed by atoms with Gasteiger partial charge in [-0.15, -0.1) is 11.3 Å². The second-order valence-corrected chi connectivity index (χ2v) is 4.37. The lowest BCUT2D eigenvalue weighted by Crippen LogP contribution is -2.26. The van der Waals surface area contributed by atoms with Gasteiger partial charge in [0, 0.05) is 42.6 Å². The Labute approximate surface area is 103 Å². The minimum absolute atomic E-state index is 0.202. The number of carbonyl (C=O) groups excluding carboxylic acids is 1. The maximum atomic E-state index is 11.7. The summed E-state index contributed by atoms with van der Waals surface area (Å²) in [5.74, 6) is -0.202. The van der Waals surface area contributed by atoms with Gasteiger partial charge in [0.2, 0.25) is 0 Å². The Bertz CT molecular complexity index is 498. The van der Waals surface area contributed by atoms with E-state index in [0.29, 0.717) is 17.8 Å². The van der Waals surface area contributed by atoms with Crippen molar-refractivity contribution in [1.82, 2.24) is 15.3 Å². The number of nitrogens with one attached hydrogen (secondary N) is 1. The minimum atomic E-state index is -0.202. The second kappa shape index (κ2) is 5.40. The van der Waals surface area contributed by atoms with Crippen LogP contribution in [0.3, 0.4) is 0 Å². The van der Waals surface area contributed by atoms with Gasteiger partial charge in [-0.1, -0.05) is 0 Å². The Morgan fingerprint density at radius 2 is 2.35 bits per heavy atom.